The number of hydrogen-bond acceptors (Lipinski definition) is 4. The molecule has 1 saturated heterocycles. The quantitative estimate of drug-likeness (QED) is 0.549. The summed E-state index contributed by atoms with van der Waals surface area (Å²) in [5.41, 5.74) is 1.10. The first-order valence-electron chi connectivity index (χ1n) is 11.5. The van der Waals surface area contributed by atoms with Crippen molar-refractivity contribution >= 4 is 27.5 Å². The lowest BCUT2D eigenvalue weighted by molar-refractivity contribution is -0.133. The van der Waals surface area contributed by atoms with Crippen molar-refractivity contribution in [2.24, 2.45) is 0 Å². The molecule has 3 aromatic carbocycles. The highest BCUT2D eigenvalue weighted by molar-refractivity contribution is 7.89. The second-order valence-electron chi connectivity index (χ2n) is 8.78. The minimum absolute atomic E-state index is 0.0839. The van der Waals surface area contributed by atoms with Crippen molar-refractivity contribution in [2.75, 3.05) is 18.0 Å². The van der Waals surface area contributed by atoms with Crippen molar-refractivity contribution in [3.05, 3.63) is 96.1 Å². The molecule has 1 N–H and O–H groups in total. The Balaban J connectivity index is 1.70. The van der Waals surface area contributed by atoms with E-state index in [9.17, 15) is 18.0 Å². The Bertz CT molecular complexity index is 1300. The Hall–Kier alpha value is -3.49. The molecular weight excluding hydrogens is 462 g/mol. The second-order valence-corrected chi connectivity index (χ2v) is 10.7. The summed E-state index contributed by atoms with van der Waals surface area (Å²) in [4.78, 5) is 28.6. The maximum absolute atomic E-state index is 13.6. The summed E-state index contributed by atoms with van der Waals surface area (Å²) in [5, 5.41) is 2.91. The largest absolute Gasteiger partial charge is 0.350 e. The zero-order valence-corrected chi connectivity index (χ0v) is 20.7. The molecule has 0 unspecified atom stereocenters. The van der Waals surface area contributed by atoms with Gasteiger partial charge in [0.15, 0.2) is 0 Å². The highest BCUT2D eigenvalue weighted by Crippen LogP contribution is 2.32. The number of carbonyl (C=O) groups excluding carboxylic acids is 2. The molecule has 3 aromatic rings. The summed E-state index contributed by atoms with van der Waals surface area (Å²) >= 11 is 0. The highest BCUT2D eigenvalue weighted by Gasteiger charge is 2.51. The van der Waals surface area contributed by atoms with E-state index in [2.05, 4.69) is 5.32 Å². The van der Waals surface area contributed by atoms with Crippen LogP contribution in [0.3, 0.4) is 0 Å². The van der Waals surface area contributed by atoms with E-state index in [1.807, 2.05) is 49.4 Å². The number of aryl methyl sites for hydroxylation is 1. The van der Waals surface area contributed by atoms with Crippen LogP contribution >= 0.6 is 0 Å². The first-order chi connectivity index (χ1) is 16.8. The molecule has 2 amide bonds. The van der Waals surface area contributed by atoms with Gasteiger partial charge in [0.25, 0.3) is 0 Å². The predicted molar refractivity (Wildman–Crippen MR) is 135 cm³/mol. The van der Waals surface area contributed by atoms with Crippen LogP contribution < -0.4 is 10.2 Å². The number of rotatable bonds is 7. The fourth-order valence-electron chi connectivity index (χ4n) is 4.33. The molecule has 1 aliphatic rings. The van der Waals surface area contributed by atoms with E-state index in [0.717, 1.165) is 21.9 Å². The molecule has 1 heterocycles. The van der Waals surface area contributed by atoms with Gasteiger partial charge in [-0.15, -0.1) is 0 Å². The minimum atomic E-state index is -3.98. The van der Waals surface area contributed by atoms with Crippen LogP contribution in [0.2, 0.25) is 0 Å². The number of carbonyl (C=O) groups is 2. The van der Waals surface area contributed by atoms with Gasteiger partial charge in [0.2, 0.25) is 21.8 Å². The summed E-state index contributed by atoms with van der Waals surface area (Å²) in [6.45, 7) is 3.39. The SMILES string of the molecule is CCc1ccc(N2C(=O)CN(S(=O)(=O)c3ccccc3)C[C@]2(C)C(=O)NCc2ccccc2)cc1. The fraction of sp³-hybridized carbons (Fsp3) is 0.259. The van der Waals surface area contributed by atoms with Crippen molar-refractivity contribution in [2.45, 2.75) is 37.2 Å². The Labute approximate surface area is 206 Å². The maximum atomic E-state index is 13.6. The topological polar surface area (TPSA) is 86.8 Å². The lowest BCUT2D eigenvalue weighted by Gasteiger charge is -2.46. The number of hydrogen-bond donors (Lipinski definition) is 1. The molecule has 0 aliphatic carbocycles. The summed E-state index contributed by atoms with van der Waals surface area (Å²) in [5.74, 6) is -0.889. The molecule has 0 aromatic heterocycles. The third-order valence-corrected chi connectivity index (χ3v) is 8.11. The lowest BCUT2D eigenvalue weighted by atomic mass is 9.94. The normalized spacial score (nSPS) is 18.9. The molecule has 1 fully saturated rings. The smallest absolute Gasteiger partial charge is 0.247 e. The van der Waals surface area contributed by atoms with Crippen LogP contribution in [0.25, 0.3) is 0 Å². The zero-order valence-electron chi connectivity index (χ0n) is 19.8. The summed E-state index contributed by atoms with van der Waals surface area (Å²) < 4.78 is 27.8. The fourth-order valence-corrected chi connectivity index (χ4v) is 5.83. The standard InChI is InChI=1S/C27H29N3O4S/c1-3-21-14-16-23(17-15-21)30-25(31)19-29(35(33,34)24-12-8-5-9-13-24)20-27(30,2)26(32)28-18-22-10-6-4-7-11-22/h4-17H,3,18-20H2,1-2H3,(H,28,32)/t27-/m1/s1. The van der Waals surface area contributed by atoms with E-state index in [-0.39, 0.29) is 24.5 Å². The lowest BCUT2D eigenvalue weighted by Crippen LogP contribution is -2.70. The van der Waals surface area contributed by atoms with Crippen molar-refractivity contribution in [3.8, 4) is 0 Å². The Kier molecular flexibility index (Phi) is 7.05. The van der Waals surface area contributed by atoms with E-state index < -0.39 is 27.4 Å². The number of amides is 2. The highest BCUT2D eigenvalue weighted by atomic mass is 32.2. The van der Waals surface area contributed by atoms with Crippen LogP contribution in [0.15, 0.2) is 89.8 Å². The molecule has 8 heteroatoms. The van der Waals surface area contributed by atoms with Gasteiger partial charge in [0.05, 0.1) is 11.4 Å². The van der Waals surface area contributed by atoms with Gasteiger partial charge >= 0.3 is 0 Å². The third-order valence-electron chi connectivity index (χ3n) is 6.31. The molecule has 0 saturated carbocycles. The molecule has 7 nitrogen and oxygen atoms in total. The predicted octanol–water partition coefficient (Wildman–Crippen LogP) is 3.36. The first-order valence-corrected chi connectivity index (χ1v) is 13.0. The summed E-state index contributed by atoms with van der Waals surface area (Å²) in [6.07, 6.45) is 0.839. The molecule has 4 rings (SSSR count). The van der Waals surface area contributed by atoms with Crippen molar-refractivity contribution in [3.63, 3.8) is 0 Å². The molecule has 182 valence electrons. The van der Waals surface area contributed by atoms with Gasteiger partial charge in [0.1, 0.15) is 5.54 Å². The van der Waals surface area contributed by atoms with Crippen molar-refractivity contribution in [1.29, 1.82) is 0 Å². The maximum Gasteiger partial charge on any atom is 0.247 e. The minimum Gasteiger partial charge on any atom is -0.350 e. The Morgan fingerprint density at radius 1 is 0.914 bits per heavy atom. The van der Waals surface area contributed by atoms with Gasteiger partial charge < -0.3 is 5.32 Å². The molecule has 1 aliphatic heterocycles. The Morgan fingerprint density at radius 3 is 2.11 bits per heavy atom. The molecule has 0 spiro atoms. The van der Waals surface area contributed by atoms with Gasteiger partial charge in [0, 0.05) is 18.8 Å². The molecule has 0 radical (unpaired) electrons. The average molecular weight is 492 g/mol. The average Bonchev–Trinajstić information content (AvgIpc) is 2.88. The van der Waals surface area contributed by atoms with E-state index >= 15 is 0 Å². The van der Waals surface area contributed by atoms with Crippen LogP contribution in [0.1, 0.15) is 25.0 Å². The number of nitrogens with zero attached hydrogens (tertiary/aromatic N) is 2. The zero-order chi connectivity index (χ0) is 25.1. The Morgan fingerprint density at radius 2 is 1.51 bits per heavy atom. The molecule has 0 bridgehead atoms. The van der Waals surface area contributed by atoms with E-state index in [1.165, 1.54) is 17.0 Å². The van der Waals surface area contributed by atoms with Gasteiger partial charge in [-0.05, 0) is 48.7 Å². The van der Waals surface area contributed by atoms with Gasteiger partial charge in [-0.2, -0.15) is 4.31 Å². The van der Waals surface area contributed by atoms with E-state index in [1.54, 1.807) is 37.3 Å². The van der Waals surface area contributed by atoms with E-state index in [0.29, 0.717) is 5.69 Å². The van der Waals surface area contributed by atoms with E-state index in [4.69, 9.17) is 0 Å². The number of anilines is 1. The van der Waals surface area contributed by atoms with Crippen LogP contribution in [0.4, 0.5) is 5.69 Å². The van der Waals surface area contributed by atoms with Crippen molar-refractivity contribution in [1.82, 2.24) is 9.62 Å². The van der Waals surface area contributed by atoms with Crippen LogP contribution in [-0.4, -0.2) is 43.2 Å². The molecular formula is C27H29N3O4S. The van der Waals surface area contributed by atoms with Gasteiger partial charge in [-0.1, -0.05) is 67.6 Å². The van der Waals surface area contributed by atoms with Gasteiger partial charge in [-0.3, -0.25) is 14.5 Å². The number of piperazine rings is 1. The van der Waals surface area contributed by atoms with Crippen LogP contribution in [-0.2, 0) is 32.6 Å². The first kappa shape index (κ1) is 24.6. The van der Waals surface area contributed by atoms with Crippen LogP contribution in [0, 0.1) is 0 Å². The van der Waals surface area contributed by atoms with Crippen molar-refractivity contribution < 1.29 is 18.0 Å². The second kappa shape index (κ2) is 10.0. The summed E-state index contributed by atoms with van der Waals surface area (Å²) in [7, 11) is -3.98. The molecule has 35 heavy (non-hydrogen) atoms. The third kappa shape index (κ3) is 4.99. The number of sulfonamides is 1. The van der Waals surface area contributed by atoms with Gasteiger partial charge in [-0.25, -0.2) is 8.42 Å². The van der Waals surface area contributed by atoms with Crippen LogP contribution in [0.5, 0.6) is 0 Å². The summed E-state index contributed by atoms with van der Waals surface area (Å²) in [6, 6.07) is 24.8. The molecule has 1 atom stereocenters. The number of benzene rings is 3. The monoisotopic (exact) mass is 491 g/mol. The number of nitrogens with one attached hydrogen (secondary N) is 1.